The Morgan fingerprint density at radius 3 is 1.82 bits per heavy atom. The summed E-state index contributed by atoms with van der Waals surface area (Å²) in [4.78, 5) is 2.25. The predicted octanol–water partition coefficient (Wildman–Crippen LogP) is 4.31. The molecule has 0 aromatic heterocycles. The number of hydrogen-bond donors (Lipinski definition) is 0. The molecule has 0 aliphatic heterocycles. The highest BCUT2D eigenvalue weighted by Gasteiger charge is 2.29. The fraction of sp³-hybridized carbons (Fsp3) is 0.846. The maximum Gasteiger partial charge on any atom is 0.177 e. The van der Waals surface area contributed by atoms with Crippen molar-refractivity contribution in [3.63, 3.8) is 0 Å². The van der Waals surface area contributed by atoms with Gasteiger partial charge in [0, 0.05) is 6.54 Å². The molecule has 0 aromatic carbocycles. The molecule has 0 saturated heterocycles. The largest absolute Gasteiger partial charge is 0.306 e. The van der Waals surface area contributed by atoms with E-state index in [0.29, 0.717) is 0 Å². The van der Waals surface area contributed by atoms with Crippen molar-refractivity contribution in [2.75, 3.05) is 20.6 Å². The molecule has 17 heavy (non-hydrogen) atoms. The zero-order chi connectivity index (χ0) is 13.6. The van der Waals surface area contributed by atoms with Crippen molar-refractivity contribution in [3.8, 4) is 0 Å². The molecule has 0 spiro atoms. The van der Waals surface area contributed by atoms with Crippen LogP contribution in [0.5, 0.6) is 0 Å². The Bertz CT molecular complexity index is 255. The molecular weight excluding hydrogens is 245 g/mol. The van der Waals surface area contributed by atoms with E-state index < -0.39 is 7.38 Å². The van der Waals surface area contributed by atoms with E-state index in [2.05, 4.69) is 52.9 Å². The molecule has 0 atom stereocenters. The smallest absolute Gasteiger partial charge is 0.177 e. The summed E-state index contributed by atoms with van der Waals surface area (Å²) in [6.45, 7) is 13.1. The average molecular weight is 274 g/mol. The molecule has 0 unspecified atom stereocenters. The van der Waals surface area contributed by atoms with Crippen LogP contribution in [-0.2, 0) is 0 Å². The van der Waals surface area contributed by atoms with Crippen LogP contribution in [0.25, 0.3) is 0 Å². The zero-order valence-corrected chi connectivity index (χ0v) is 14.5. The number of hydrogen-bond acceptors (Lipinski definition) is 1. The third-order valence-electron chi connectivity index (χ3n) is 3.44. The van der Waals surface area contributed by atoms with Crippen molar-refractivity contribution in [2.45, 2.75) is 52.9 Å². The third kappa shape index (κ3) is 5.63. The van der Waals surface area contributed by atoms with Gasteiger partial charge in [-0.3, -0.25) is 0 Å². The van der Waals surface area contributed by atoms with E-state index in [9.17, 15) is 0 Å². The summed E-state index contributed by atoms with van der Waals surface area (Å²) < 4.78 is 0. The van der Waals surface area contributed by atoms with Crippen molar-refractivity contribution in [2.24, 2.45) is 0 Å². The van der Waals surface area contributed by atoms with E-state index in [-0.39, 0.29) is 0 Å². The predicted molar refractivity (Wildman–Crippen MR) is 85.9 cm³/mol. The molecule has 0 rings (SSSR count). The van der Waals surface area contributed by atoms with Gasteiger partial charge in [0.2, 0.25) is 0 Å². The van der Waals surface area contributed by atoms with Gasteiger partial charge in [-0.25, -0.2) is 0 Å². The van der Waals surface area contributed by atoms with Crippen LogP contribution in [0.2, 0.25) is 25.7 Å². The SMILES string of the molecule is CCB(CC)/C(CC)=C(/CN(C)C)[Si](C)(C)Cl. The van der Waals surface area contributed by atoms with E-state index in [1.807, 2.05) is 0 Å². The van der Waals surface area contributed by atoms with Gasteiger partial charge in [-0.1, -0.05) is 51.7 Å². The van der Waals surface area contributed by atoms with Crippen molar-refractivity contribution in [1.82, 2.24) is 4.90 Å². The fourth-order valence-electron chi connectivity index (χ4n) is 2.52. The van der Waals surface area contributed by atoms with Gasteiger partial charge in [-0.2, -0.15) is 11.1 Å². The normalized spacial score (nSPS) is 13.9. The van der Waals surface area contributed by atoms with Crippen LogP contribution in [0.1, 0.15) is 27.2 Å². The summed E-state index contributed by atoms with van der Waals surface area (Å²) >= 11 is 6.73. The zero-order valence-electron chi connectivity index (χ0n) is 12.7. The summed E-state index contributed by atoms with van der Waals surface area (Å²) in [6, 6.07) is 0. The number of rotatable bonds is 7. The lowest BCUT2D eigenvalue weighted by Crippen LogP contribution is -2.34. The van der Waals surface area contributed by atoms with Crippen molar-refractivity contribution in [1.29, 1.82) is 0 Å². The quantitative estimate of drug-likeness (QED) is 0.493. The monoisotopic (exact) mass is 273 g/mol. The van der Waals surface area contributed by atoms with E-state index in [1.165, 1.54) is 12.6 Å². The molecule has 0 aliphatic rings. The maximum atomic E-state index is 6.73. The Morgan fingerprint density at radius 1 is 1.12 bits per heavy atom. The molecule has 1 nitrogen and oxygen atoms in total. The second-order valence-corrected chi connectivity index (χ2v) is 12.0. The lowest BCUT2D eigenvalue weighted by Gasteiger charge is -2.28. The van der Waals surface area contributed by atoms with Gasteiger partial charge < -0.3 is 4.90 Å². The number of halogens is 1. The lowest BCUT2D eigenvalue weighted by molar-refractivity contribution is 0.450. The Kier molecular flexibility index (Phi) is 7.77. The molecule has 0 N–H and O–H groups in total. The van der Waals surface area contributed by atoms with Crippen LogP contribution in [-0.4, -0.2) is 39.6 Å². The summed E-state index contributed by atoms with van der Waals surface area (Å²) in [5, 5.41) is 1.56. The molecule has 0 bridgehead atoms. The minimum Gasteiger partial charge on any atom is -0.306 e. The summed E-state index contributed by atoms with van der Waals surface area (Å²) in [7, 11) is 2.55. The molecule has 0 amide bonds. The van der Waals surface area contributed by atoms with Crippen LogP contribution in [0, 0.1) is 0 Å². The van der Waals surface area contributed by atoms with E-state index in [4.69, 9.17) is 11.1 Å². The summed E-state index contributed by atoms with van der Waals surface area (Å²) in [6.07, 6.45) is 3.62. The molecule has 0 aliphatic carbocycles. The number of likely N-dealkylation sites (N-methyl/N-ethyl adjacent to an activating group) is 1. The highest BCUT2D eigenvalue weighted by molar-refractivity contribution is 7.23. The van der Waals surface area contributed by atoms with Gasteiger partial charge in [-0.05, 0) is 20.5 Å². The molecule has 0 fully saturated rings. The van der Waals surface area contributed by atoms with Crippen LogP contribution < -0.4 is 0 Å². The van der Waals surface area contributed by atoms with E-state index in [1.54, 1.807) is 10.7 Å². The lowest BCUT2D eigenvalue weighted by atomic mass is 9.40. The van der Waals surface area contributed by atoms with Gasteiger partial charge in [0.1, 0.15) is 0 Å². The standard InChI is InChI=1S/C13H29BClNSi/c1-8-12(14(9-2)10-3)13(11-16(4)5)17(6,7)15/h8-11H2,1-7H3/b13-12-. The summed E-state index contributed by atoms with van der Waals surface area (Å²) in [5.74, 6) is 0. The molecule has 0 heterocycles. The van der Waals surface area contributed by atoms with Crippen molar-refractivity contribution >= 4 is 25.2 Å². The Hall–Kier alpha value is 0.272. The Balaban J connectivity index is 5.43. The highest BCUT2D eigenvalue weighted by atomic mass is 35.6. The first-order chi connectivity index (χ1) is 7.77. The van der Waals surface area contributed by atoms with Gasteiger partial charge in [-0.15, -0.1) is 5.47 Å². The minimum atomic E-state index is -1.72. The summed E-state index contributed by atoms with van der Waals surface area (Å²) in [5.41, 5.74) is 1.63. The second-order valence-electron chi connectivity index (χ2n) is 5.58. The number of allylic oxidation sites excluding steroid dienone is 1. The first-order valence-corrected chi connectivity index (χ1v) is 10.8. The second kappa shape index (κ2) is 7.65. The highest BCUT2D eigenvalue weighted by Crippen LogP contribution is 2.28. The van der Waals surface area contributed by atoms with Gasteiger partial charge in [0.05, 0.1) is 0 Å². The molecule has 4 heteroatoms. The Morgan fingerprint density at radius 2 is 1.59 bits per heavy atom. The average Bonchev–Trinajstić information content (AvgIpc) is 2.21. The van der Waals surface area contributed by atoms with Crippen LogP contribution in [0.4, 0.5) is 0 Å². The Labute approximate surface area is 114 Å². The van der Waals surface area contributed by atoms with E-state index in [0.717, 1.165) is 19.7 Å². The molecule has 0 radical (unpaired) electrons. The van der Waals surface area contributed by atoms with Crippen molar-refractivity contribution in [3.05, 3.63) is 10.7 Å². The van der Waals surface area contributed by atoms with Gasteiger partial charge in [0.15, 0.2) is 14.1 Å². The van der Waals surface area contributed by atoms with E-state index >= 15 is 0 Å². The molecule has 0 saturated carbocycles. The maximum absolute atomic E-state index is 6.73. The first kappa shape index (κ1) is 17.3. The topological polar surface area (TPSA) is 3.24 Å². The molecular formula is C13H29BClNSi. The van der Waals surface area contributed by atoms with Crippen LogP contribution in [0.3, 0.4) is 0 Å². The van der Waals surface area contributed by atoms with Gasteiger partial charge >= 0.3 is 0 Å². The van der Waals surface area contributed by atoms with Gasteiger partial charge in [0.25, 0.3) is 0 Å². The first-order valence-electron chi connectivity index (χ1n) is 6.83. The minimum absolute atomic E-state index is 0.723. The van der Waals surface area contributed by atoms with Crippen molar-refractivity contribution < 1.29 is 0 Å². The third-order valence-corrected chi connectivity index (χ3v) is 6.04. The van der Waals surface area contributed by atoms with Crippen LogP contribution in [0.15, 0.2) is 10.7 Å². The fourth-order valence-corrected chi connectivity index (χ4v) is 4.90. The van der Waals surface area contributed by atoms with Crippen LogP contribution >= 0.6 is 11.1 Å². The molecule has 0 aromatic rings. The number of nitrogens with zero attached hydrogens (tertiary/aromatic N) is 1. The molecule has 100 valence electrons.